The Morgan fingerprint density at radius 1 is 1.12 bits per heavy atom. The summed E-state index contributed by atoms with van der Waals surface area (Å²) < 4.78 is 26.9. The Balaban J connectivity index is 1.65. The van der Waals surface area contributed by atoms with Crippen molar-refractivity contribution in [3.8, 4) is 0 Å². The SMILES string of the molecule is COC(=O)[C@@H]1C[C@@H](OC(=O)c2ccc([B-]3(O)OCC(C)(C)CO3)cc2)CN1C(=O)OC(C)(C)C. The number of carbonyl (C=O) groups excluding carboxylic acids is 3. The quantitative estimate of drug-likeness (QED) is 0.391. The maximum Gasteiger partial charge on any atom is 0.411 e. The van der Waals surface area contributed by atoms with Crippen molar-refractivity contribution < 1.29 is 42.9 Å². The predicted octanol–water partition coefficient (Wildman–Crippen LogP) is 1.61. The molecule has 0 aromatic heterocycles. The number of benzene rings is 1. The minimum absolute atomic E-state index is 0.00116. The molecule has 34 heavy (non-hydrogen) atoms. The van der Waals surface area contributed by atoms with Gasteiger partial charge in [0.15, 0.2) is 0 Å². The Bertz CT molecular complexity index is 915. The van der Waals surface area contributed by atoms with Gasteiger partial charge in [-0.3, -0.25) is 4.90 Å². The smallest absolute Gasteiger partial charge is 0.411 e. The number of hydrogen-bond donors (Lipinski definition) is 1. The topological polar surface area (TPSA) is 121 Å². The van der Waals surface area contributed by atoms with Crippen LogP contribution in [0.2, 0.25) is 0 Å². The minimum atomic E-state index is -2.62. The number of hydrogen-bond acceptors (Lipinski definition) is 9. The van der Waals surface area contributed by atoms with E-state index < -0.39 is 42.5 Å². The molecular formula is C23H33BNO9-. The van der Waals surface area contributed by atoms with Gasteiger partial charge in [-0.2, -0.15) is 0 Å². The van der Waals surface area contributed by atoms with Crippen molar-refractivity contribution in [1.29, 1.82) is 0 Å². The molecule has 0 saturated carbocycles. The van der Waals surface area contributed by atoms with E-state index in [-0.39, 0.29) is 23.9 Å². The molecule has 2 saturated heterocycles. The fourth-order valence-electron chi connectivity index (χ4n) is 3.81. The van der Waals surface area contributed by atoms with Gasteiger partial charge in [0.25, 0.3) is 0 Å². The van der Waals surface area contributed by atoms with Crippen molar-refractivity contribution in [3.63, 3.8) is 0 Å². The van der Waals surface area contributed by atoms with Crippen molar-refractivity contribution in [2.45, 2.75) is 58.8 Å². The molecule has 2 fully saturated rings. The second kappa shape index (κ2) is 9.55. The first-order valence-corrected chi connectivity index (χ1v) is 11.3. The van der Waals surface area contributed by atoms with E-state index in [0.29, 0.717) is 18.7 Å². The molecule has 1 amide bonds. The molecule has 188 valence electrons. The van der Waals surface area contributed by atoms with E-state index in [4.69, 9.17) is 23.5 Å². The van der Waals surface area contributed by atoms with Crippen LogP contribution in [0.1, 0.15) is 51.4 Å². The van der Waals surface area contributed by atoms with Crippen molar-refractivity contribution in [1.82, 2.24) is 4.90 Å². The molecular weight excluding hydrogens is 445 g/mol. The van der Waals surface area contributed by atoms with Crippen LogP contribution in [0.3, 0.4) is 0 Å². The van der Waals surface area contributed by atoms with Crippen LogP contribution >= 0.6 is 0 Å². The summed E-state index contributed by atoms with van der Waals surface area (Å²) in [7, 11) is 1.23. The predicted molar refractivity (Wildman–Crippen MR) is 122 cm³/mol. The number of amides is 1. The number of carbonyl (C=O) groups is 3. The molecule has 2 aliphatic heterocycles. The van der Waals surface area contributed by atoms with Gasteiger partial charge in [-0.15, -0.1) is 5.46 Å². The molecule has 3 rings (SSSR count). The third-order valence-electron chi connectivity index (χ3n) is 5.61. The van der Waals surface area contributed by atoms with Gasteiger partial charge in [0.05, 0.1) is 19.2 Å². The second-order valence-electron chi connectivity index (χ2n) is 10.5. The molecule has 2 heterocycles. The van der Waals surface area contributed by atoms with Crippen LogP contribution < -0.4 is 5.46 Å². The monoisotopic (exact) mass is 478 g/mol. The highest BCUT2D eigenvalue weighted by molar-refractivity contribution is 6.74. The largest absolute Gasteiger partial charge is 0.555 e. The number of nitrogens with zero attached hydrogens (tertiary/aromatic N) is 1. The Labute approximate surface area is 199 Å². The van der Waals surface area contributed by atoms with Crippen molar-refractivity contribution in [3.05, 3.63) is 29.8 Å². The van der Waals surface area contributed by atoms with Gasteiger partial charge in [0.1, 0.15) is 17.7 Å². The Kier molecular flexibility index (Phi) is 7.30. The molecule has 1 aromatic carbocycles. The number of likely N-dealkylation sites (tertiary alicyclic amines) is 1. The van der Waals surface area contributed by atoms with Crippen LogP contribution in [0.15, 0.2) is 24.3 Å². The maximum absolute atomic E-state index is 12.7. The molecule has 0 aliphatic carbocycles. The molecule has 10 nitrogen and oxygen atoms in total. The van der Waals surface area contributed by atoms with Crippen LogP contribution in [-0.2, 0) is 28.3 Å². The average molecular weight is 478 g/mol. The zero-order valence-corrected chi connectivity index (χ0v) is 20.5. The summed E-state index contributed by atoms with van der Waals surface area (Å²) in [6, 6.07) is 5.19. The van der Waals surface area contributed by atoms with Crippen molar-refractivity contribution in [2.24, 2.45) is 5.41 Å². The molecule has 1 aromatic rings. The normalized spacial score (nSPS) is 23.8. The molecule has 2 atom stereocenters. The van der Waals surface area contributed by atoms with E-state index in [1.165, 1.54) is 24.1 Å². The molecule has 0 bridgehead atoms. The third kappa shape index (κ3) is 6.08. The van der Waals surface area contributed by atoms with Gasteiger partial charge in [-0.05, 0) is 20.8 Å². The lowest BCUT2D eigenvalue weighted by Crippen LogP contribution is -2.60. The summed E-state index contributed by atoms with van der Waals surface area (Å²) in [5.41, 5.74) is -0.297. The Hall–Kier alpha value is -2.63. The fraction of sp³-hybridized carbons (Fsp3) is 0.609. The summed E-state index contributed by atoms with van der Waals surface area (Å²) >= 11 is 0. The Morgan fingerprint density at radius 3 is 2.24 bits per heavy atom. The van der Waals surface area contributed by atoms with Crippen molar-refractivity contribution >= 4 is 30.2 Å². The second-order valence-corrected chi connectivity index (χ2v) is 10.5. The van der Waals surface area contributed by atoms with Crippen LogP contribution in [0.25, 0.3) is 0 Å². The summed E-state index contributed by atoms with van der Waals surface area (Å²) in [6.45, 7) is 7.15. The first-order chi connectivity index (χ1) is 15.7. The van der Waals surface area contributed by atoms with E-state index in [2.05, 4.69) is 0 Å². The van der Waals surface area contributed by atoms with E-state index in [0.717, 1.165) is 0 Å². The lowest BCUT2D eigenvalue weighted by atomic mass is 9.67. The van der Waals surface area contributed by atoms with Crippen LogP contribution in [0, 0.1) is 5.41 Å². The van der Waals surface area contributed by atoms with Gasteiger partial charge in [0.2, 0.25) is 0 Å². The minimum Gasteiger partial charge on any atom is -0.555 e. The summed E-state index contributed by atoms with van der Waals surface area (Å²) in [5, 5.41) is 10.7. The number of esters is 2. The van der Waals surface area contributed by atoms with Crippen molar-refractivity contribution in [2.75, 3.05) is 26.9 Å². The summed E-state index contributed by atoms with van der Waals surface area (Å²) in [5.74, 6) is -1.24. The molecule has 0 unspecified atom stereocenters. The van der Waals surface area contributed by atoms with Crippen LogP contribution in [-0.4, -0.2) is 79.3 Å². The lowest BCUT2D eigenvalue weighted by molar-refractivity contribution is -0.145. The molecule has 0 spiro atoms. The number of methoxy groups -OCH3 is 1. The van der Waals surface area contributed by atoms with Gasteiger partial charge < -0.3 is 28.5 Å². The van der Waals surface area contributed by atoms with Gasteiger partial charge in [0, 0.05) is 25.0 Å². The maximum atomic E-state index is 12.7. The van der Waals surface area contributed by atoms with Crippen LogP contribution in [0.4, 0.5) is 4.79 Å². The highest BCUT2D eigenvalue weighted by Crippen LogP contribution is 2.26. The lowest BCUT2D eigenvalue weighted by Gasteiger charge is -2.47. The average Bonchev–Trinajstić information content (AvgIpc) is 3.18. The zero-order valence-electron chi connectivity index (χ0n) is 20.5. The van der Waals surface area contributed by atoms with E-state index in [1.807, 2.05) is 13.8 Å². The molecule has 11 heteroatoms. The van der Waals surface area contributed by atoms with Gasteiger partial charge >= 0.3 is 24.8 Å². The van der Waals surface area contributed by atoms with Gasteiger partial charge in [-0.1, -0.05) is 38.1 Å². The fourth-order valence-corrected chi connectivity index (χ4v) is 3.81. The zero-order chi connectivity index (χ0) is 25.3. The highest BCUT2D eigenvalue weighted by atomic mass is 16.7. The van der Waals surface area contributed by atoms with E-state index in [1.54, 1.807) is 32.9 Å². The summed E-state index contributed by atoms with van der Waals surface area (Å²) in [4.78, 5) is 38.7. The standard InChI is InChI=1S/C23H33BNO9/c1-22(2,3)34-21(28)25-12-17(11-18(25)20(27)30-6)33-19(26)15-7-9-16(10-8-15)24(29)31-13-23(4,5)14-32-24/h7-10,17-18,29H,11-14H2,1-6H3/q-1/t17-,18+/m1/s1. The van der Waals surface area contributed by atoms with Gasteiger partial charge in [-0.25, -0.2) is 14.4 Å². The third-order valence-corrected chi connectivity index (χ3v) is 5.61. The Morgan fingerprint density at radius 2 is 1.71 bits per heavy atom. The van der Waals surface area contributed by atoms with Crippen LogP contribution in [0.5, 0.6) is 0 Å². The molecule has 1 N–H and O–H groups in total. The number of rotatable bonds is 4. The highest BCUT2D eigenvalue weighted by Gasteiger charge is 2.44. The number of ether oxygens (including phenoxy) is 3. The molecule has 0 radical (unpaired) electrons. The first-order valence-electron chi connectivity index (χ1n) is 11.3. The summed E-state index contributed by atoms with van der Waals surface area (Å²) in [6.07, 6.45) is -1.31. The first kappa shape index (κ1) is 26.0. The molecule has 2 aliphatic rings. The van der Waals surface area contributed by atoms with E-state index >= 15 is 0 Å². The van der Waals surface area contributed by atoms with E-state index in [9.17, 15) is 19.4 Å².